The van der Waals surface area contributed by atoms with Gasteiger partial charge in [0.2, 0.25) is 10.0 Å². The van der Waals surface area contributed by atoms with Crippen LogP contribution in [0.5, 0.6) is 5.75 Å². The van der Waals surface area contributed by atoms with Gasteiger partial charge in [-0.1, -0.05) is 12.1 Å². The molecule has 0 radical (unpaired) electrons. The first-order valence-electron chi connectivity index (χ1n) is 10.2. The molecule has 0 saturated carbocycles. The van der Waals surface area contributed by atoms with Crippen LogP contribution in [0, 0.1) is 0 Å². The molecule has 1 aromatic heterocycles. The van der Waals surface area contributed by atoms with Gasteiger partial charge >= 0.3 is 6.18 Å². The Morgan fingerprint density at radius 3 is 2.64 bits per heavy atom. The Kier molecular flexibility index (Phi) is 7.50. The normalized spacial score (nSPS) is 13.4. The smallest absolute Gasteiger partial charge is 0.435 e. The van der Waals surface area contributed by atoms with E-state index < -0.39 is 33.2 Å². The van der Waals surface area contributed by atoms with E-state index in [1.54, 1.807) is 38.1 Å². The lowest BCUT2D eigenvalue weighted by Gasteiger charge is -2.15. The molecule has 4 N–H and O–H groups in total. The predicted molar refractivity (Wildman–Crippen MR) is 119 cm³/mol. The van der Waals surface area contributed by atoms with E-state index in [1.807, 2.05) is 0 Å². The highest BCUT2D eigenvalue weighted by molar-refractivity contribution is 7.93. The van der Waals surface area contributed by atoms with Gasteiger partial charge in [-0.25, -0.2) is 8.42 Å². The van der Waals surface area contributed by atoms with Crippen molar-refractivity contribution in [3.8, 4) is 5.75 Å². The molecule has 12 heteroatoms. The number of benzene rings is 2. The van der Waals surface area contributed by atoms with E-state index in [4.69, 9.17) is 4.74 Å². The van der Waals surface area contributed by atoms with Gasteiger partial charge < -0.3 is 15.2 Å². The van der Waals surface area contributed by atoms with Crippen molar-refractivity contribution in [1.82, 2.24) is 15.5 Å². The number of H-pyrrole nitrogens is 1. The number of anilines is 1. The Hall–Kier alpha value is -2.83. The zero-order valence-electron chi connectivity index (χ0n) is 18.0. The third-order valence-corrected chi connectivity index (χ3v) is 6.60. The number of ether oxygens (including phenoxy) is 1. The van der Waals surface area contributed by atoms with E-state index >= 15 is 0 Å². The third kappa shape index (κ3) is 6.36. The Labute approximate surface area is 189 Å². The van der Waals surface area contributed by atoms with Gasteiger partial charge in [0, 0.05) is 30.2 Å². The maximum absolute atomic E-state index is 12.9. The molecule has 8 nitrogen and oxygen atoms in total. The molecule has 0 spiro atoms. The van der Waals surface area contributed by atoms with Crippen LogP contribution in [0.4, 0.5) is 18.9 Å². The number of fused-ring (bicyclic) bond motifs is 1. The average molecular weight is 487 g/mol. The Morgan fingerprint density at radius 2 is 1.94 bits per heavy atom. The number of aliphatic hydroxyl groups excluding tert-OH is 1. The Morgan fingerprint density at radius 1 is 1.18 bits per heavy atom. The van der Waals surface area contributed by atoms with Crippen LogP contribution in [0.25, 0.3) is 10.9 Å². The summed E-state index contributed by atoms with van der Waals surface area (Å²) < 4.78 is 70.7. The van der Waals surface area contributed by atoms with Crippen LogP contribution in [0.15, 0.2) is 42.5 Å². The number of aromatic amines is 1. The molecule has 0 amide bonds. The first-order chi connectivity index (χ1) is 15.5. The molecule has 0 aliphatic carbocycles. The van der Waals surface area contributed by atoms with E-state index in [-0.39, 0.29) is 24.1 Å². The number of nitrogens with zero attached hydrogens (tertiary/aromatic N) is 1. The number of aromatic nitrogens is 2. The molecule has 0 aliphatic heterocycles. The summed E-state index contributed by atoms with van der Waals surface area (Å²) in [6.45, 7) is 3.91. The van der Waals surface area contributed by atoms with Gasteiger partial charge in [0.15, 0.2) is 5.69 Å². The lowest BCUT2D eigenvalue weighted by atomic mass is 10.1. The fourth-order valence-electron chi connectivity index (χ4n) is 2.99. The van der Waals surface area contributed by atoms with Crippen molar-refractivity contribution in [1.29, 1.82) is 0 Å². The van der Waals surface area contributed by atoms with E-state index in [9.17, 15) is 26.7 Å². The van der Waals surface area contributed by atoms with Crippen molar-refractivity contribution in [2.24, 2.45) is 0 Å². The molecular weight excluding hydrogens is 461 g/mol. The van der Waals surface area contributed by atoms with Crippen LogP contribution in [-0.2, 0) is 16.2 Å². The summed E-state index contributed by atoms with van der Waals surface area (Å²) in [5.74, 6) is 0.382. The molecular formula is C21H25F3N4O4S. The molecule has 1 atom stereocenters. The fraction of sp³-hybridized carbons (Fsp3) is 0.381. The lowest BCUT2D eigenvalue weighted by molar-refractivity contribution is -0.139. The molecule has 0 unspecified atom stereocenters. The predicted octanol–water partition coefficient (Wildman–Crippen LogP) is 3.43. The Balaban J connectivity index is 1.48. The summed E-state index contributed by atoms with van der Waals surface area (Å²) in [6, 6.07) is 10.7. The largest absolute Gasteiger partial charge is 0.492 e. The number of alkyl halides is 3. The minimum absolute atomic E-state index is 0.0333. The average Bonchev–Trinajstić information content (AvgIpc) is 3.17. The third-order valence-electron chi connectivity index (χ3n) is 4.84. The molecule has 3 aromatic rings. The van der Waals surface area contributed by atoms with Crippen molar-refractivity contribution < 1.29 is 31.4 Å². The van der Waals surface area contributed by atoms with Crippen LogP contribution in [-0.4, -0.2) is 48.7 Å². The summed E-state index contributed by atoms with van der Waals surface area (Å²) in [7, 11) is -3.49. The monoisotopic (exact) mass is 486 g/mol. The first kappa shape index (κ1) is 24.8. The highest BCUT2D eigenvalue weighted by Crippen LogP contribution is 2.34. The van der Waals surface area contributed by atoms with Crippen LogP contribution < -0.4 is 14.8 Å². The Bertz CT molecular complexity index is 1200. The zero-order chi connectivity index (χ0) is 24.2. The van der Waals surface area contributed by atoms with E-state index in [0.29, 0.717) is 23.5 Å². The van der Waals surface area contributed by atoms with Crippen LogP contribution in [0.2, 0.25) is 0 Å². The second-order valence-corrected chi connectivity index (χ2v) is 9.90. The second kappa shape index (κ2) is 9.98. The van der Waals surface area contributed by atoms with Gasteiger partial charge in [0.05, 0.1) is 16.9 Å². The molecule has 0 bridgehead atoms. The number of sulfonamides is 1. The molecule has 0 saturated heterocycles. The molecule has 180 valence electrons. The molecule has 0 aliphatic rings. The topological polar surface area (TPSA) is 116 Å². The fourth-order valence-corrected chi connectivity index (χ4v) is 3.69. The number of aliphatic hydroxyl groups is 1. The van der Waals surface area contributed by atoms with Crippen molar-refractivity contribution in [3.05, 3.63) is 53.7 Å². The van der Waals surface area contributed by atoms with Gasteiger partial charge in [-0.2, -0.15) is 18.3 Å². The molecule has 1 heterocycles. The van der Waals surface area contributed by atoms with Crippen LogP contribution >= 0.6 is 0 Å². The summed E-state index contributed by atoms with van der Waals surface area (Å²) in [6.07, 6.45) is -5.42. The van der Waals surface area contributed by atoms with Crippen molar-refractivity contribution in [2.45, 2.75) is 31.4 Å². The summed E-state index contributed by atoms with van der Waals surface area (Å²) in [5.41, 5.74) is 0.154. The molecule has 3 rings (SSSR count). The quantitative estimate of drug-likeness (QED) is 0.326. The molecule has 0 fully saturated rings. The van der Waals surface area contributed by atoms with Crippen LogP contribution in [0.3, 0.4) is 0 Å². The molecule has 2 aromatic carbocycles. The van der Waals surface area contributed by atoms with Crippen molar-refractivity contribution in [2.75, 3.05) is 24.4 Å². The van der Waals surface area contributed by atoms with Gasteiger partial charge in [0.25, 0.3) is 0 Å². The number of hydrogen-bond acceptors (Lipinski definition) is 6. The zero-order valence-corrected chi connectivity index (χ0v) is 18.8. The number of halogens is 3. The summed E-state index contributed by atoms with van der Waals surface area (Å²) in [5, 5.41) is 18.4. The highest BCUT2D eigenvalue weighted by Gasteiger charge is 2.35. The second-order valence-electron chi connectivity index (χ2n) is 7.67. The first-order valence-corrected chi connectivity index (χ1v) is 11.7. The number of nitrogens with one attached hydrogen (secondary N) is 3. The summed E-state index contributed by atoms with van der Waals surface area (Å²) in [4.78, 5) is 0. The van der Waals surface area contributed by atoms with E-state index in [0.717, 1.165) is 0 Å². The standard InChI is InChI=1S/C21H25F3N4O4S/c1-13(2)33(30,31)28-15-5-3-4-14(10-15)19(29)12-25-8-9-32-16-6-7-17-18(11-16)26-27-20(17)21(22,23)24/h3-7,10-11,13,19,25,28-29H,8-9,12H2,1-2H3,(H,26,27)/t19-/m0/s1. The number of hydrogen-bond donors (Lipinski definition) is 4. The highest BCUT2D eigenvalue weighted by atomic mass is 32.2. The minimum Gasteiger partial charge on any atom is -0.492 e. The number of rotatable bonds is 10. The maximum atomic E-state index is 12.9. The van der Waals surface area contributed by atoms with Crippen molar-refractivity contribution >= 4 is 26.6 Å². The summed E-state index contributed by atoms with van der Waals surface area (Å²) >= 11 is 0. The van der Waals surface area contributed by atoms with E-state index in [1.165, 1.54) is 18.2 Å². The van der Waals surface area contributed by atoms with Gasteiger partial charge in [-0.3, -0.25) is 9.82 Å². The van der Waals surface area contributed by atoms with E-state index in [2.05, 4.69) is 20.2 Å². The SMILES string of the molecule is CC(C)S(=O)(=O)Nc1cccc([C@@H](O)CNCCOc2ccc3c(C(F)(F)F)n[nH]c3c2)c1. The molecule has 33 heavy (non-hydrogen) atoms. The minimum atomic E-state index is -4.54. The van der Waals surface area contributed by atoms with Gasteiger partial charge in [-0.05, 0) is 43.7 Å². The lowest BCUT2D eigenvalue weighted by Crippen LogP contribution is -2.26. The van der Waals surface area contributed by atoms with Crippen LogP contribution in [0.1, 0.15) is 31.2 Å². The van der Waals surface area contributed by atoms with Gasteiger partial charge in [0.1, 0.15) is 12.4 Å². The maximum Gasteiger partial charge on any atom is 0.435 e. The van der Waals surface area contributed by atoms with Crippen molar-refractivity contribution in [3.63, 3.8) is 0 Å². The van der Waals surface area contributed by atoms with Gasteiger partial charge in [-0.15, -0.1) is 0 Å².